The van der Waals surface area contributed by atoms with Gasteiger partial charge in [0.25, 0.3) is 0 Å². The normalized spacial score (nSPS) is 12.9. The van der Waals surface area contributed by atoms with Gasteiger partial charge in [0, 0.05) is 23.2 Å². The average Bonchev–Trinajstić information content (AvgIpc) is 2.60. The highest BCUT2D eigenvalue weighted by Gasteiger charge is 2.25. The number of quaternary nitrogens is 1. The summed E-state index contributed by atoms with van der Waals surface area (Å²) in [6.07, 6.45) is 1.95. The van der Waals surface area contributed by atoms with Gasteiger partial charge >= 0.3 is 10.0 Å². The van der Waals surface area contributed by atoms with Crippen molar-refractivity contribution in [2.75, 3.05) is 0 Å². The van der Waals surface area contributed by atoms with Gasteiger partial charge in [0.1, 0.15) is 10.4 Å². The quantitative estimate of drug-likeness (QED) is 0.576. The van der Waals surface area contributed by atoms with Gasteiger partial charge in [-0.3, -0.25) is 4.79 Å². The minimum atomic E-state index is -4.16. The molecular formula is C17H14N2O4S. The van der Waals surface area contributed by atoms with Gasteiger partial charge in [-0.2, -0.15) is 8.42 Å². The summed E-state index contributed by atoms with van der Waals surface area (Å²) >= 11 is 0. The van der Waals surface area contributed by atoms with Gasteiger partial charge in [-0.15, -0.1) is 0 Å². The van der Waals surface area contributed by atoms with Crippen molar-refractivity contribution in [1.82, 2.24) is 4.98 Å². The van der Waals surface area contributed by atoms with Crippen LogP contribution >= 0.6 is 0 Å². The lowest BCUT2D eigenvalue weighted by Gasteiger charge is -2.21. The van der Waals surface area contributed by atoms with Crippen LogP contribution in [-0.2, 0) is 10.0 Å². The van der Waals surface area contributed by atoms with E-state index in [-0.39, 0.29) is 16.1 Å². The molecule has 122 valence electrons. The van der Waals surface area contributed by atoms with Gasteiger partial charge in [-0.05, 0) is 25.1 Å². The van der Waals surface area contributed by atoms with E-state index in [4.69, 9.17) is 0 Å². The number of carbonyl (C=O) groups is 1. The van der Waals surface area contributed by atoms with Crippen LogP contribution in [0, 0.1) is 12.1 Å². The van der Waals surface area contributed by atoms with Crippen LogP contribution in [0.1, 0.15) is 15.9 Å². The molecule has 0 aliphatic rings. The zero-order chi connectivity index (χ0) is 17.3. The van der Waals surface area contributed by atoms with Gasteiger partial charge in [0.2, 0.25) is 0 Å². The maximum absolute atomic E-state index is 12.6. The molecule has 0 bridgehead atoms. The molecule has 3 rings (SSSR count). The van der Waals surface area contributed by atoms with Gasteiger partial charge < -0.3 is 5.21 Å². The number of para-hydroxylation sites is 1. The van der Waals surface area contributed by atoms with E-state index in [0.717, 1.165) is 5.56 Å². The first-order chi connectivity index (χ1) is 11.4. The minimum Gasteiger partial charge on any atom is -0.612 e. The molecule has 0 spiro atoms. The van der Waals surface area contributed by atoms with E-state index in [1.165, 1.54) is 24.4 Å². The van der Waals surface area contributed by atoms with Crippen molar-refractivity contribution in [1.29, 1.82) is 0 Å². The van der Waals surface area contributed by atoms with Crippen molar-refractivity contribution in [3.63, 3.8) is 0 Å². The molecule has 0 fully saturated rings. The summed E-state index contributed by atoms with van der Waals surface area (Å²) in [4.78, 5) is 14.9. The molecule has 1 unspecified atom stereocenters. The Bertz CT molecular complexity index is 1010. The van der Waals surface area contributed by atoms with Gasteiger partial charge in [-0.1, -0.05) is 29.8 Å². The van der Waals surface area contributed by atoms with Crippen LogP contribution in [0.4, 0.5) is 5.69 Å². The molecule has 0 aliphatic carbocycles. The van der Waals surface area contributed by atoms with Gasteiger partial charge in [0.15, 0.2) is 12.0 Å². The number of hydrogen-bond donors (Lipinski definition) is 1. The van der Waals surface area contributed by atoms with E-state index in [1.54, 1.807) is 30.3 Å². The lowest BCUT2D eigenvalue weighted by Crippen LogP contribution is -3.04. The Hall–Kier alpha value is -2.61. The number of pyridine rings is 1. The summed E-state index contributed by atoms with van der Waals surface area (Å²) < 4.78 is 24.1. The largest absolute Gasteiger partial charge is 0.612 e. The molecule has 7 heteroatoms. The Kier molecular flexibility index (Phi) is 4.15. The lowest BCUT2D eigenvalue weighted by atomic mass is 10.1. The van der Waals surface area contributed by atoms with Crippen LogP contribution in [0.5, 0.6) is 0 Å². The van der Waals surface area contributed by atoms with E-state index in [0.29, 0.717) is 17.2 Å². The summed E-state index contributed by atoms with van der Waals surface area (Å²) in [7, 11) is -4.16. The molecule has 3 aromatic rings. The fraction of sp³-hybridized carbons (Fsp3) is 0.0588. The summed E-state index contributed by atoms with van der Waals surface area (Å²) in [5.74, 6) is 0. The van der Waals surface area contributed by atoms with Crippen LogP contribution < -0.4 is 4.47 Å². The third kappa shape index (κ3) is 2.80. The minimum absolute atomic E-state index is 0.00877. The molecule has 24 heavy (non-hydrogen) atoms. The molecule has 1 atom stereocenters. The first-order valence-corrected chi connectivity index (χ1v) is 8.62. The zero-order valence-electron chi connectivity index (χ0n) is 12.8. The Morgan fingerprint density at radius 3 is 2.50 bits per heavy atom. The molecule has 0 aliphatic heterocycles. The molecule has 1 heterocycles. The third-order valence-electron chi connectivity index (χ3n) is 3.66. The summed E-state index contributed by atoms with van der Waals surface area (Å²) in [5.41, 5.74) is 1.50. The Balaban J connectivity index is 2.12. The molecule has 1 aromatic heterocycles. The number of hydrogen-bond acceptors (Lipinski definition) is 5. The number of aldehydes is 1. The van der Waals surface area contributed by atoms with E-state index < -0.39 is 14.5 Å². The zero-order valence-corrected chi connectivity index (χ0v) is 13.6. The van der Waals surface area contributed by atoms with Crippen LogP contribution in [0.3, 0.4) is 0 Å². The van der Waals surface area contributed by atoms with Crippen LogP contribution in [0.2, 0.25) is 0 Å². The molecular weight excluding hydrogens is 328 g/mol. The monoisotopic (exact) mass is 342 g/mol. The smallest absolute Gasteiger partial charge is 0.330 e. The molecule has 6 nitrogen and oxygen atoms in total. The summed E-state index contributed by atoms with van der Waals surface area (Å²) in [6.45, 7) is 1.83. The number of fused-ring (bicyclic) bond motifs is 1. The highest BCUT2D eigenvalue weighted by Crippen LogP contribution is 2.20. The molecule has 0 amide bonds. The maximum Gasteiger partial charge on any atom is 0.330 e. The van der Waals surface area contributed by atoms with E-state index in [9.17, 15) is 18.4 Å². The first-order valence-electron chi connectivity index (χ1n) is 7.13. The SMILES string of the molecule is Cc1ccc(S(=O)(=O)[NH+]([O-])c2cccc3cc(C=O)cnc23)cc1. The summed E-state index contributed by atoms with van der Waals surface area (Å²) in [6, 6.07) is 12.3. The van der Waals surface area contributed by atoms with Crippen molar-refractivity contribution < 1.29 is 17.7 Å². The van der Waals surface area contributed by atoms with Gasteiger partial charge in [-0.25, -0.2) is 9.45 Å². The fourth-order valence-corrected chi connectivity index (χ4v) is 3.54. The first kappa shape index (κ1) is 16.3. The van der Waals surface area contributed by atoms with E-state index in [1.807, 2.05) is 6.92 Å². The molecule has 0 radical (unpaired) electrons. The van der Waals surface area contributed by atoms with E-state index >= 15 is 0 Å². The van der Waals surface area contributed by atoms with E-state index in [2.05, 4.69) is 4.98 Å². The highest BCUT2D eigenvalue weighted by molar-refractivity contribution is 7.85. The molecule has 2 aromatic carbocycles. The van der Waals surface area contributed by atoms with Crippen molar-refractivity contribution >= 4 is 32.9 Å². The van der Waals surface area contributed by atoms with Crippen molar-refractivity contribution in [2.45, 2.75) is 11.8 Å². The summed E-state index contributed by atoms with van der Waals surface area (Å²) in [5, 5.41) is 13.2. The molecule has 1 N–H and O–H groups in total. The van der Waals surface area contributed by atoms with Crippen LogP contribution in [0.25, 0.3) is 10.9 Å². The van der Waals surface area contributed by atoms with Crippen molar-refractivity contribution in [3.05, 3.63) is 71.1 Å². The number of benzene rings is 2. The molecule has 0 saturated carbocycles. The number of nitrogens with zero attached hydrogens (tertiary/aromatic N) is 1. The molecule has 0 saturated heterocycles. The number of sulfonamides is 1. The topological polar surface area (TPSA) is 91.6 Å². The number of aromatic nitrogens is 1. The second kappa shape index (κ2) is 6.12. The second-order valence-corrected chi connectivity index (χ2v) is 7.22. The van der Waals surface area contributed by atoms with Gasteiger partial charge in [0.05, 0.1) is 0 Å². The Labute approximate surface area is 139 Å². The number of rotatable bonds is 4. The van der Waals surface area contributed by atoms with Crippen molar-refractivity contribution in [3.8, 4) is 0 Å². The lowest BCUT2D eigenvalue weighted by molar-refractivity contribution is -0.623. The Morgan fingerprint density at radius 2 is 1.83 bits per heavy atom. The standard InChI is InChI=1S/C17H14N2O4S/c1-12-5-7-15(8-6-12)24(22,23)19(21)16-4-2-3-14-9-13(11-20)10-18-17(14)16/h2-11,19H,1H3. The van der Waals surface area contributed by atoms with Crippen LogP contribution in [-0.4, -0.2) is 19.7 Å². The predicted molar refractivity (Wildman–Crippen MR) is 89.5 cm³/mol. The fourth-order valence-electron chi connectivity index (χ4n) is 2.38. The number of carbonyl (C=O) groups excluding carboxylic acids is 1. The average molecular weight is 342 g/mol. The Morgan fingerprint density at radius 1 is 1.12 bits per heavy atom. The number of aryl methyl sites for hydroxylation is 1. The van der Waals surface area contributed by atoms with Crippen LogP contribution in [0.15, 0.2) is 59.6 Å². The second-order valence-electron chi connectivity index (χ2n) is 5.37. The predicted octanol–water partition coefficient (Wildman–Crippen LogP) is 1.76. The maximum atomic E-state index is 12.6. The highest BCUT2D eigenvalue weighted by atomic mass is 32.2. The van der Waals surface area contributed by atoms with Crippen molar-refractivity contribution in [2.24, 2.45) is 0 Å². The third-order valence-corrected chi connectivity index (χ3v) is 5.26. The number of nitrogens with one attached hydrogen (secondary N) is 1.